The van der Waals surface area contributed by atoms with Crippen molar-refractivity contribution >= 4 is 19.9 Å². The minimum Gasteiger partial charge on any atom is -0.494 e. The molecule has 0 N–H and O–H groups in total. The predicted octanol–water partition coefficient (Wildman–Crippen LogP) is 1.28. The van der Waals surface area contributed by atoms with Crippen LogP contribution >= 0.6 is 0 Å². The summed E-state index contributed by atoms with van der Waals surface area (Å²) in [5.74, 6) is -0.813. The van der Waals surface area contributed by atoms with Gasteiger partial charge in [-0.05, 0) is 24.1 Å². The van der Waals surface area contributed by atoms with Crippen LogP contribution in [0.1, 0.15) is 13.8 Å². The van der Waals surface area contributed by atoms with Gasteiger partial charge >= 0.3 is 0 Å². The van der Waals surface area contributed by atoms with E-state index < -0.39 is 30.9 Å². The summed E-state index contributed by atoms with van der Waals surface area (Å²) < 4.78 is 68.4. The van der Waals surface area contributed by atoms with Crippen LogP contribution in [0.15, 0.2) is 23.1 Å². The minimum atomic E-state index is -3.90. The van der Waals surface area contributed by atoms with Crippen LogP contribution in [0.2, 0.25) is 0 Å². The molecule has 23 heavy (non-hydrogen) atoms. The van der Waals surface area contributed by atoms with Gasteiger partial charge in [-0.3, -0.25) is 0 Å². The van der Waals surface area contributed by atoms with E-state index in [0.717, 1.165) is 10.4 Å². The monoisotopic (exact) mass is 365 g/mol. The number of hydrogen-bond acceptors (Lipinski definition) is 5. The molecule has 6 nitrogen and oxygen atoms in total. The molecule has 0 amide bonds. The lowest BCUT2D eigenvalue weighted by atomic mass is 10.3. The summed E-state index contributed by atoms with van der Waals surface area (Å²) in [5.41, 5.74) is 0. The molecule has 0 unspecified atom stereocenters. The van der Waals surface area contributed by atoms with Crippen LogP contribution in [0.25, 0.3) is 0 Å². The zero-order valence-electron chi connectivity index (χ0n) is 13.2. The van der Waals surface area contributed by atoms with Crippen LogP contribution in [0, 0.1) is 11.7 Å². The van der Waals surface area contributed by atoms with Gasteiger partial charge in [-0.2, -0.15) is 4.31 Å². The van der Waals surface area contributed by atoms with E-state index in [1.807, 2.05) is 0 Å². The summed E-state index contributed by atoms with van der Waals surface area (Å²) in [6, 6.07) is 3.35. The highest BCUT2D eigenvalue weighted by atomic mass is 32.2. The van der Waals surface area contributed by atoms with Crippen molar-refractivity contribution in [2.75, 3.05) is 26.0 Å². The Kier molecular flexibility index (Phi) is 5.03. The molecule has 0 bridgehead atoms. The van der Waals surface area contributed by atoms with Crippen LogP contribution in [-0.4, -0.2) is 52.3 Å². The number of halogens is 1. The average molecular weight is 365 g/mol. The Hall–Kier alpha value is -1.19. The minimum absolute atomic E-state index is 0.0126. The number of rotatable bonds is 6. The molecular weight excluding hydrogens is 345 g/mol. The van der Waals surface area contributed by atoms with Crippen LogP contribution < -0.4 is 4.74 Å². The average Bonchev–Trinajstić information content (AvgIpc) is 2.34. The van der Waals surface area contributed by atoms with Crippen molar-refractivity contribution in [2.45, 2.75) is 24.0 Å². The fraction of sp³-hybridized carbons (Fsp3) is 0.571. The number of methoxy groups -OCH3 is 1. The van der Waals surface area contributed by atoms with E-state index in [2.05, 4.69) is 0 Å². The topological polar surface area (TPSA) is 80.8 Å². The van der Waals surface area contributed by atoms with Gasteiger partial charge in [0, 0.05) is 13.1 Å². The molecule has 1 fully saturated rings. The molecule has 1 aromatic carbocycles. The molecule has 0 spiro atoms. The molecular formula is C14H20FNO5S2. The molecule has 0 aromatic heterocycles. The third-order valence-corrected chi connectivity index (χ3v) is 7.92. The van der Waals surface area contributed by atoms with Crippen molar-refractivity contribution in [1.82, 2.24) is 4.31 Å². The Bertz CT molecular complexity index is 783. The smallest absolute Gasteiger partial charge is 0.243 e. The second-order valence-electron chi connectivity index (χ2n) is 5.96. The van der Waals surface area contributed by atoms with Crippen LogP contribution in [0.3, 0.4) is 0 Å². The third kappa shape index (κ3) is 3.67. The molecule has 1 aliphatic heterocycles. The lowest BCUT2D eigenvalue weighted by molar-refractivity contribution is 0.309. The lowest BCUT2D eigenvalue weighted by Crippen LogP contribution is -2.57. The van der Waals surface area contributed by atoms with E-state index in [4.69, 9.17) is 4.74 Å². The predicted molar refractivity (Wildman–Crippen MR) is 84.1 cm³/mol. The van der Waals surface area contributed by atoms with Gasteiger partial charge in [-0.15, -0.1) is 0 Å². The standard InChI is InChI=1S/C14H20FNO5S2/c1-10(2)9-22(17,18)12-7-16(8-12)23(19,20)11-4-5-14(21-3)13(15)6-11/h4-6,10,12H,7-9H2,1-3H3. The van der Waals surface area contributed by atoms with Crippen molar-refractivity contribution in [3.05, 3.63) is 24.0 Å². The van der Waals surface area contributed by atoms with Gasteiger partial charge < -0.3 is 4.74 Å². The second-order valence-corrected chi connectivity index (χ2v) is 10.2. The van der Waals surface area contributed by atoms with Gasteiger partial charge in [0.05, 0.1) is 23.0 Å². The Morgan fingerprint density at radius 3 is 2.35 bits per heavy atom. The van der Waals surface area contributed by atoms with E-state index in [0.29, 0.717) is 0 Å². The van der Waals surface area contributed by atoms with E-state index in [-0.39, 0.29) is 35.4 Å². The van der Waals surface area contributed by atoms with E-state index in [1.165, 1.54) is 19.2 Å². The highest BCUT2D eigenvalue weighted by molar-refractivity contribution is 7.92. The van der Waals surface area contributed by atoms with Crippen molar-refractivity contribution in [1.29, 1.82) is 0 Å². The number of nitrogens with zero attached hydrogens (tertiary/aromatic N) is 1. The van der Waals surface area contributed by atoms with Crippen molar-refractivity contribution < 1.29 is 26.0 Å². The quantitative estimate of drug-likeness (QED) is 0.759. The Balaban J connectivity index is 2.14. The van der Waals surface area contributed by atoms with Crippen LogP contribution in [-0.2, 0) is 19.9 Å². The van der Waals surface area contributed by atoms with E-state index >= 15 is 0 Å². The first-order chi connectivity index (χ1) is 10.6. The molecule has 1 aliphatic rings. The molecule has 2 rings (SSSR count). The Morgan fingerprint density at radius 1 is 1.26 bits per heavy atom. The lowest BCUT2D eigenvalue weighted by Gasteiger charge is -2.37. The summed E-state index contributed by atoms with van der Waals surface area (Å²) in [6.45, 7) is 3.41. The van der Waals surface area contributed by atoms with Gasteiger partial charge in [0.25, 0.3) is 0 Å². The van der Waals surface area contributed by atoms with Gasteiger partial charge in [-0.1, -0.05) is 13.8 Å². The maximum absolute atomic E-state index is 13.7. The number of hydrogen-bond donors (Lipinski definition) is 0. The molecule has 0 atom stereocenters. The highest BCUT2D eigenvalue weighted by Gasteiger charge is 2.43. The number of ether oxygens (including phenoxy) is 1. The third-order valence-electron chi connectivity index (χ3n) is 3.65. The summed E-state index contributed by atoms with van der Waals surface area (Å²) >= 11 is 0. The summed E-state index contributed by atoms with van der Waals surface area (Å²) in [4.78, 5) is -0.212. The molecule has 1 saturated heterocycles. The first kappa shape index (κ1) is 18.2. The number of benzene rings is 1. The maximum Gasteiger partial charge on any atom is 0.243 e. The van der Waals surface area contributed by atoms with E-state index in [1.54, 1.807) is 13.8 Å². The summed E-state index contributed by atoms with van der Waals surface area (Å²) in [7, 11) is -5.93. The molecule has 0 radical (unpaired) electrons. The Morgan fingerprint density at radius 2 is 1.87 bits per heavy atom. The van der Waals surface area contributed by atoms with Crippen LogP contribution in [0.5, 0.6) is 5.75 Å². The first-order valence-electron chi connectivity index (χ1n) is 7.13. The SMILES string of the molecule is COc1ccc(S(=O)(=O)N2CC(S(=O)(=O)CC(C)C)C2)cc1F. The zero-order chi connectivity index (χ0) is 17.4. The fourth-order valence-corrected chi connectivity index (χ4v) is 6.13. The fourth-order valence-electron chi connectivity index (χ4n) is 2.38. The molecule has 1 aromatic rings. The number of sulfone groups is 1. The summed E-state index contributed by atoms with van der Waals surface area (Å²) in [5, 5.41) is -0.692. The summed E-state index contributed by atoms with van der Waals surface area (Å²) in [6.07, 6.45) is 0. The Labute approximate surface area is 136 Å². The highest BCUT2D eigenvalue weighted by Crippen LogP contribution is 2.28. The largest absolute Gasteiger partial charge is 0.494 e. The van der Waals surface area contributed by atoms with Crippen LogP contribution in [0.4, 0.5) is 4.39 Å². The molecule has 9 heteroatoms. The zero-order valence-corrected chi connectivity index (χ0v) is 14.8. The second kappa shape index (κ2) is 6.37. The normalized spacial score (nSPS) is 17.3. The van der Waals surface area contributed by atoms with E-state index in [9.17, 15) is 21.2 Å². The van der Waals surface area contributed by atoms with Gasteiger partial charge in [0.15, 0.2) is 21.4 Å². The van der Waals surface area contributed by atoms with Gasteiger partial charge in [0.2, 0.25) is 10.0 Å². The maximum atomic E-state index is 13.7. The molecule has 0 aliphatic carbocycles. The number of sulfonamides is 1. The van der Waals surface area contributed by atoms with Crippen molar-refractivity contribution in [2.24, 2.45) is 5.92 Å². The van der Waals surface area contributed by atoms with Gasteiger partial charge in [0.1, 0.15) is 0 Å². The molecule has 1 heterocycles. The van der Waals surface area contributed by atoms with Crippen molar-refractivity contribution in [3.8, 4) is 5.75 Å². The van der Waals surface area contributed by atoms with Crippen molar-refractivity contribution in [3.63, 3.8) is 0 Å². The molecule has 130 valence electrons. The van der Waals surface area contributed by atoms with Gasteiger partial charge in [-0.25, -0.2) is 21.2 Å². The molecule has 0 saturated carbocycles. The first-order valence-corrected chi connectivity index (χ1v) is 10.3.